The van der Waals surface area contributed by atoms with Crippen LogP contribution in [-0.4, -0.2) is 23.9 Å². The van der Waals surface area contributed by atoms with Gasteiger partial charge in [0.1, 0.15) is 5.75 Å². The molecule has 3 aromatic carbocycles. The topological polar surface area (TPSA) is 64.2 Å². The fraction of sp³-hybridized carbons (Fsp3) is 0.100. The summed E-state index contributed by atoms with van der Waals surface area (Å²) >= 11 is 0. The van der Waals surface area contributed by atoms with E-state index in [1.807, 2.05) is 42.5 Å². The number of aromatic amines is 1. The minimum Gasteiger partial charge on any atom is -0.468 e. The summed E-state index contributed by atoms with van der Waals surface area (Å²) in [5, 5.41) is 2.75. The van der Waals surface area contributed by atoms with E-state index >= 15 is 0 Å². The monoisotopic (exact) mass is 332 g/mol. The normalized spacial score (nSPS) is 11.1. The fourth-order valence-electron chi connectivity index (χ4n) is 2.97. The summed E-state index contributed by atoms with van der Waals surface area (Å²) in [4.78, 5) is 18.8. The van der Waals surface area contributed by atoms with E-state index in [0.717, 1.165) is 27.6 Å². The summed E-state index contributed by atoms with van der Waals surface area (Å²) in [5.41, 5.74) is 2.52. The molecule has 1 heterocycles. The van der Waals surface area contributed by atoms with Crippen molar-refractivity contribution < 1.29 is 9.47 Å². The maximum absolute atomic E-state index is 11.9. The molecule has 0 unspecified atom stereocenters. The number of methoxy groups -OCH3 is 1. The van der Waals surface area contributed by atoms with Gasteiger partial charge in [0, 0.05) is 7.11 Å². The Morgan fingerprint density at radius 2 is 1.92 bits per heavy atom. The van der Waals surface area contributed by atoms with Gasteiger partial charge in [-0.3, -0.25) is 4.79 Å². The number of aromatic nitrogens is 2. The van der Waals surface area contributed by atoms with Gasteiger partial charge in [-0.25, -0.2) is 4.98 Å². The van der Waals surface area contributed by atoms with Crippen molar-refractivity contribution in [3.8, 4) is 16.9 Å². The van der Waals surface area contributed by atoms with Crippen molar-refractivity contribution in [3.63, 3.8) is 0 Å². The Kier molecular flexibility index (Phi) is 3.91. The zero-order valence-corrected chi connectivity index (χ0v) is 13.7. The predicted molar refractivity (Wildman–Crippen MR) is 97.8 cm³/mol. The van der Waals surface area contributed by atoms with Gasteiger partial charge in [-0.05, 0) is 46.2 Å². The predicted octanol–water partition coefficient (Wildman–Crippen LogP) is 3.73. The second kappa shape index (κ2) is 6.37. The Morgan fingerprint density at radius 3 is 2.80 bits per heavy atom. The summed E-state index contributed by atoms with van der Waals surface area (Å²) in [5.74, 6) is 0.731. The van der Waals surface area contributed by atoms with Crippen LogP contribution in [0, 0.1) is 0 Å². The van der Waals surface area contributed by atoms with Crippen LogP contribution in [0.1, 0.15) is 0 Å². The molecule has 0 spiro atoms. The second-order valence-corrected chi connectivity index (χ2v) is 5.71. The largest absolute Gasteiger partial charge is 0.468 e. The first-order valence-electron chi connectivity index (χ1n) is 7.88. The Hall–Kier alpha value is -3.18. The van der Waals surface area contributed by atoms with Crippen LogP contribution in [0.2, 0.25) is 0 Å². The van der Waals surface area contributed by atoms with Gasteiger partial charge in [0.05, 0.1) is 17.2 Å². The number of rotatable bonds is 4. The number of hydrogen-bond donors (Lipinski definition) is 1. The molecule has 0 aliphatic rings. The number of nitrogens with zero attached hydrogens (tertiary/aromatic N) is 1. The Balaban J connectivity index is 1.94. The van der Waals surface area contributed by atoms with Crippen LogP contribution >= 0.6 is 0 Å². The first kappa shape index (κ1) is 15.4. The molecule has 0 aliphatic heterocycles. The number of benzene rings is 3. The number of ether oxygens (including phenoxy) is 2. The Morgan fingerprint density at radius 1 is 1.04 bits per heavy atom. The number of nitrogens with one attached hydrogen (secondary N) is 1. The van der Waals surface area contributed by atoms with E-state index in [0.29, 0.717) is 10.9 Å². The molecule has 4 aromatic rings. The molecule has 25 heavy (non-hydrogen) atoms. The molecule has 0 amide bonds. The van der Waals surface area contributed by atoms with Gasteiger partial charge in [0.2, 0.25) is 0 Å². The Labute approximate surface area is 143 Å². The third-order valence-electron chi connectivity index (χ3n) is 4.13. The van der Waals surface area contributed by atoms with E-state index in [9.17, 15) is 4.79 Å². The molecular formula is C20H16N2O3. The molecular weight excluding hydrogens is 316 g/mol. The highest BCUT2D eigenvalue weighted by Gasteiger charge is 2.09. The maximum atomic E-state index is 11.9. The molecule has 0 bridgehead atoms. The third kappa shape index (κ3) is 2.86. The average Bonchev–Trinajstić information content (AvgIpc) is 2.65. The first-order valence-corrected chi connectivity index (χ1v) is 7.88. The van der Waals surface area contributed by atoms with E-state index in [2.05, 4.69) is 16.0 Å². The lowest BCUT2D eigenvalue weighted by molar-refractivity contribution is 0.0512. The van der Waals surface area contributed by atoms with Gasteiger partial charge >= 0.3 is 0 Å². The minimum absolute atomic E-state index is 0.140. The number of hydrogen-bond acceptors (Lipinski definition) is 4. The average molecular weight is 332 g/mol. The van der Waals surface area contributed by atoms with E-state index < -0.39 is 0 Å². The highest BCUT2D eigenvalue weighted by atomic mass is 16.7. The lowest BCUT2D eigenvalue weighted by Crippen LogP contribution is -2.05. The molecule has 1 aromatic heterocycles. The Bertz CT molecular complexity index is 1120. The second-order valence-electron chi connectivity index (χ2n) is 5.71. The van der Waals surface area contributed by atoms with Crippen molar-refractivity contribution in [2.45, 2.75) is 0 Å². The van der Waals surface area contributed by atoms with E-state index in [1.165, 1.54) is 6.33 Å². The van der Waals surface area contributed by atoms with Gasteiger partial charge in [-0.2, -0.15) is 0 Å². The van der Waals surface area contributed by atoms with Gasteiger partial charge in [0.25, 0.3) is 5.56 Å². The highest BCUT2D eigenvalue weighted by Crippen LogP contribution is 2.34. The number of fused-ring (bicyclic) bond motifs is 2. The van der Waals surface area contributed by atoms with Crippen LogP contribution < -0.4 is 10.3 Å². The summed E-state index contributed by atoms with van der Waals surface area (Å²) in [6, 6.07) is 17.7. The van der Waals surface area contributed by atoms with Crippen molar-refractivity contribution in [1.29, 1.82) is 0 Å². The van der Waals surface area contributed by atoms with Crippen molar-refractivity contribution >= 4 is 21.7 Å². The highest BCUT2D eigenvalue weighted by molar-refractivity contribution is 5.99. The molecule has 0 atom stereocenters. The van der Waals surface area contributed by atoms with Gasteiger partial charge in [0.15, 0.2) is 6.79 Å². The third-order valence-corrected chi connectivity index (χ3v) is 4.13. The maximum Gasteiger partial charge on any atom is 0.258 e. The zero-order chi connectivity index (χ0) is 17.2. The van der Waals surface area contributed by atoms with Crippen LogP contribution in [0.5, 0.6) is 5.75 Å². The SMILES string of the molecule is COCOc1cc(-c2ccc3c(=O)[nH]cnc3c2)c2ccccc2c1. The lowest BCUT2D eigenvalue weighted by Gasteiger charge is -2.12. The standard InChI is InChI=1S/C20H16N2O3/c1-24-12-25-15-8-13-4-2-3-5-16(13)18(10-15)14-6-7-17-19(9-14)21-11-22-20(17)23/h2-11H,12H2,1H3,(H,21,22,23). The molecule has 4 rings (SSSR count). The van der Waals surface area contributed by atoms with Crippen LogP contribution in [0.15, 0.2) is 65.7 Å². The van der Waals surface area contributed by atoms with Crippen LogP contribution in [0.4, 0.5) is 0 Å². The molecule has 0 fully saturated rings. The molecule has 0 aliphatic carbocycles. The summed E-state index contributed by atoms with van der Waals surface area (Å²) in [6.45, 7) is 0.187. The van der Waals surface area contributed by atoms with Gasteiger partial charge in [-0.15, -0.1) is 0 Å². The smallest absolute Gasteiger partial charge is 0.258 e. The van der Waals surface area contributed by atoms with Crippen molar-refractivity contribution in [1.82, 2.24) is 9.97 Å². The zero-order valence-electron chi connectivity index (χ0n) is 13.7. The first-order chi connectivity index (χ1) is 12.3. The molecule has 1 N–H and O–H groups in total. The molecule has 0 radical (unpaired) electrons. The fourth-order valence-corrected chi connectivity index (χ4v) is 2.97. The molecule has 5 heteroatoms. The summed E-state index contributed by atoms with van der Waals surface area (Å²) < 4.78 is 10.6. The lowest BCUT2D eigenvalue weighted by atomic mass is 9.97. The van der Waals surface area contributed by atoms with Crippen LogP contribution in [0.3, 0.4) is 0 Å². The van der Waals surface area contributed by atoms with Crippen molar-refractivity contribution in [2.24, 2.45) is 0 Å². The molecule has 0 saturated heterocycles. The van der Waals surface area contributed by atoms with E-state index in [4.69, 9.17) is 9.47 Å². The van der Waals surface area contributed by atoms with Crippen LogP contribution in [0.25, 0.3) is 32.8 Å². The van der Waals surface area contributed by atoms with E-state index in [1.54, 1.807) is 13.2 Å². The van der Waals surface area contributed by atoms with Crippen molar-refractivity contribution in [2.75, 3.05) is 13.9 Å². The molecule has 124 valence electrons. The summed E-state index contributed by atoms with van der Waals surface area (Å²) in [7, 11) is 1.59. The molecule has 5 nitrogen and oxygen atoms in total. The quantitative estimate of drug-likeness (QED) is 0.578. The van der Waals surface area contributed by atoms with E-state index in [-0.39, 0.29) is 12.4 Å². The molecule has 0 saturated carbocycles. The van der Waals surface area contributed by atoms with Gasteiger partial charge in [-0.1, -0.05) is 30.3 Å². The number of H-pyrrole nitrogens is 1. The summed E-state index contributed by atoms with van der Waals surface area (Å²) in [6.07, 6.45) is 1.42. The van der Waals surface area contributed by atoms with Crippen molar-refractivity contribution in [3.05, 3.63) is 71.3 Å². The van der Waals surface area contributed by atoms with Crippen LogP contribution in [-0.2, 0) is 4.74 Å². The minimum atomic E-state index is -0.140. The van der Waals surface area contributed by atoms with Gasteiger partial charge < -0.3 is 14.5 Å².